The van der Waals surface area contributed by atoms with Crippen LogP contribution >= 0.6 is 11.6 Å². The Labute approximate surface area is 159 Å². The number of nitrogens with zero attached hydrogens (tertiary/aromatic N) is 3. The molecule has 0 unspecified atom stereocenters. The molecule has 0 radical (unpaired) electrons. The van der Waals surface area contributed by atoms with E-state index in [1.165, 1.54) is 0 Å². The first-order chi connectivity index (χ1) is 12.6. The lowest BCUT2D eigenvalue weighted by atomic mass is 10.2. The van der Waals surface area contributed by atoms with Gasteiger partial charge in [-0.15, -0.1) is 0 Å². The van der Waals surface area contributed by atoms with Crippen molar-refractivity contribution in [2.75, 3.05) is 40.3 Å². The summed E-state index contributed by atoms with van der Waals surface area (Å²) in [6.07, 6.45) is 1.87. The van der Waals surface area contributed by atoms with Gasteiger partial charge in [0.25, 0.3) is 0 Å². The zero-order valence-electron chi connectivity index (χ0n) is 15.2. The number of piperazine rings is 1. The summed E-state index contributed by atoms with van der Waals surface area (Å²) in [4.78, 5) is 2.31. The predicted molar refractivity (Wildman–Crippen MR) is 105 cm³/mol. The van der Waals surface area contributed by atoms with Crippen molar-refractivity contribution in [1.82, 2.24) is 9.91 Å². The van der Waals surface area contributed by atoms with Crippen LogP contribution in [-0.4, -0.2) is 56.5 Å². The molecular weight excluding hydrogens is 350 g/mol. The van der Waals surface area contributed by atoms with Gasteiger partial charge in [-0.3, -0.25) is 5.01 Å². The molecule has 0 N–H and O–H groups in total. The third kappa shape index (κ3) is 5.13. The highest BCUT2D eigenvalue weighted by atomic mass is 35.5. The number of likely N-dealkylation sites (N-methyl/N-ethyl adjacent to an activating group) is 1. The number of rotatable bonds is 6. The monoisotopic (exact) mass is 373 g/mol. The maximum atomic E-state index is 5.91. The van der Waals surface area contributed by atoms with Gasteiger partial charge in [-0.1, -0.05) is 23.7 Å². The van der Waals surface area contributed by atoms with Gasteiger partial charge in [0.05, 0.1) is 13.3 Å². The summed E-state index contributed by atoms with van der Waals surface area (Å²) >= 11 is 5.91. The van der Waals surface area contributed by atoms with E-state index < -0.39 is 0 Å². The van der Waals surface area contributed by atoms with Gasteiger partial charge in [0.15, 0.2) is 11.5 Å². The largest absolute Gasteiger partial charge is 0.493 e. The molecule has 0 saturated carbocycles. The van der Waals surface area contributed by atoms with Gasteiger partial charge in [-0.2, -0.15) is 5.10 Å². The fraction of sp³-hybridized carbons (Fsp3) is 0.350. The van der Waals surface area contributed by atoms with Gasteiger partial charge in [0, 0.05) is 31.2 Å². The third-order valence-corrected chi connectivity index (χ3v) is 4.60. The number of benzene rings is 2. The molecule has 1 aliphatic heterocycles. The van der Waals surface area contributed by atoms with Gasteiger partial charge in [-0.25, -0.2) is 0 Å². The van der Waals surface area contributed by atoms with Crippen LogP contribution in [-0.2, 0) is 6.61 Å². The van der Waals surface area contributed by atoms with Crippen molar-refractivity contribution in [1.29, 1.82) is 0 Å². The van der Waals surface area contributed by atoms with Crippen LogP contribution in [0, 0.1) is 0 Å². The number of halogens is 1. The summed E-state index contributed by atoms with van der Waals surface area (Å²) in [6.45, 7) is 4.44. The minimum atomic E-state index is 0.461. The Morgan fingerprint density at radius 3 is 2.46 bits per heavy atom. The lowest BCUT2D eigenvalue weighted by Crippen LogP contribution is -2.41. The van der Waals surface area contributed by atoms with E-state index in [0.717, 1.165) is 42.3 Å². The molecule has 1 aliphatic rings. The van der Waals surface area contributed by atoms with Crippen LogP contribution in [0.3, 0.4) is 0 Å². The highest BCUT2D eigenvalue weighted by Gasteiger charge is 2.11. The molecule has 0 aliphatic carbocycles. The van der Waals surface area contributed by atoms with Crippen LogP contribution in [0.2, 0.25) is 5.02 Å². The van der Waals surface area contributed by atoms with Crippen LogP contribution in [0.5, 0.6) is 11.5 Å². The molecule has 2 aromatic rings. The van der Waals surface area contributed by atoms with Crippen LogP contribution < -0.4 is 9.47 Å². The standard InChI is InChI=1S/C20H24ClN3O2/c1-23-9-11-24(12-10-23)22-14-17-5-8-19(20(13-17)25-2)26-15-16-3-6-18(21)7-4-16/h3-8,13-14H,9-12,15H2,1-2H3/b22-14-. The minimum absolute atomic E-state index is 0.461. The molecule has 1 heterocycles. The van der Waals surface area contributed by atoms with Crippen molar-refractivity contribution < 1.29 is 9.47 Å². The Kier molecular flexibility index (Phi) is 6.36. The third-order valence-electron chi connectivity index (χ3n) is 4.35. The smallest absolute Gasteiger partial charge is 0.161 e. The molecule has 26 heavy (non-hydrogen) atoms. The van der Waals surface area contributed by atoms with Crippen molar-refractivity contribution in [3.05, 3.63) is 58.6 Å². The van der Waals surface area contributed by atoms with Crippen molar-refractivity contribution in [3.8, 4) is 11.5 Å². The summed E-state index contributed by atoms with van der Waals surface area (Å²) in [7, 11) is 3.78. The molecule has 5 nitrogen and oxygen atoms in total. The molecule has 0 spiro atoms. The average molecular weight is 374 g/mol. The number of methoxy groups -OCH3 is 1. The molecule has 6 heteroatoms. The van der Waals surface area contributed by atoms with E-state index in [2.05, 4.69) is 22.1 Å². The van der Waals surface area contributed by atoms with Gasteiger partial charge in [0.1, 0.15) is 6.61 Å². The van der Waals surface area contributed by atoms with Gasteiger partial charge >= 0.3 is 0 Å². The van der Waals surface area contributed by atoms with Crippen LogP contribution in [0.15, 0.2) is 47.6 Å². The van der Waals surface area contributed by atoms with E-state index in [1.807, 2.05) is 48.7 Å². The zero-order chi connectivity index (χ0) is 18.4. The number of hydrogen-bond acceptors (Lipinski definition) is 5. The van der Waals surface area contributed by atoms with Gasteiger partial charge < -0.3 is 14.4 Å². The van der Waals surface area contributed by atoms with Crippen molar-refractivity contribution in [2.45, 2.75) is 6.61 Å². The maximum absolute atomic E-state index is 5.91. The van der Waals surface area contributed by atoms with Gasteiger partial charge in [-0.05, 0) is 48.5 Å². The maximum Gasteiger partial charge on any atom is 0.161 e. The lowest BCUT2D eigenvalue weighted by Gasteiger charge is -2.30. The molecular formula is C20H24ClN3O2. The molecule has 1 saturated heterocycles. The van der Waals surface area contributed by atoms with Crippen LogP contribution in [0.25, 0.3) is 0 Å². The Hall–Kier alpha value is -2.24. The van der Waals surface area contributed by atoms with Crippen molar-refractivity contribution >= 4 is 17.8 Å². The summed E-state index contributed by atoms with van der Waals surface area (Å²) in [5.74, 6) is 1.40. The van der Waals surface area contributed by atoms with E-state index in [0.29, 0.717) is 18.1 Å². The van der Waals surface area contributed by atoms with Crippen molar-refractivity contribution in [2.24, 2.45) is 5.10 Å². The number of hydrogen-bond donors (Lipinski definition) is 0. The minimum Gasteiger partial charge on any atom is -0.493 e. The topological polar surface area (TPSA) is 37.3 Å². The van der Waals surface area contributed by atoms with E-state index in [-0.39, 0.29) is 0 Å². The first-order valence-electron chi connectivity index (χ1n) is 8.67. The molecule has 138 valence electrons. The molecule has 0 aromatic heterocycles. The van der Waals surface area contributed by atoms with E-state index in [9.17, 15) is 0 Å². The molecule has 0 amide bonds. The summed E-state index contributed by atoms with van der Waals surface area (Å²) in [5, 5.41) is 7.38. The summed E-state index contributed by atoms with van der Waals surface area (Å²) < 4.78 is 11.4. The fourth-order valence-electron chi connectivity index (χ4n) is 2.69. The van der Waals surface area contributed by atoms with Crippen LogP contribution in [0.1, 0.15) is 11.1 Å². The zero-order valence-corrected chi connectivity index (χ0v) is 15.9. The van der Waals surface area contributed by atoms with E-state index in [4.69, 9.17) is 21.1 Å². The first kappa shape index (κ1) is 18.5. The normalized spacial score (nSPS) is 15.4. The summed E-state index contributed by atoms with van der Waals surface area (Å²) in [5.41, 5.74) is 2.04. The quantitative estimate of drug-likeness (QED) is 0.726. The van der Waals surface area contributed by atoms with Crippen LogP contribution in [0.4, 0.5) is 0 Å². The average Bonchev–Trinajstić information content (AvgIpc) is 2.67. The second-order valence-corrected chi connectivity index (χ2v) is 6.76. The second kappa shape index (κ2) is 8.92. The Bertz CT molecular complexity index is 741. The predicted octanol–water partition coefficient (Wildman–Crippen LogP) is 3.51. The SMILES string of the molecule is COc1cc(/C=N\N2CCN(C)CC2)ccc1OCc1ccc(Cl)cc1. The molecule has 0 atom stereocenters. The first-order valence-corrected chi connectivity index (χ1v) is 9.04. The lowest BCUT2D eigenvalue weighted by molar-refractivity contribution is 0.159. The fourth-order valence-corrected chi connectivity index (χ4v) is 2.81. The number of ether oxygens (including phenoxy) is 2. The Balaban J connectivity index is 1.62. The molecule has 3 rings (SSSR count). The Morgan fingerprint density at radius 1 is 1.04 bits per heavy atom. The summed E-state index contributed by atoms with van der Waals surface area (Å²) in [6, 6.07) is 13.5. The second-order valence-electron chi connectivity index (χ2n) is 6.33. The van der Waals surface area contributed by atoms with E-state index in [1.54, 1.807) is 7.11 Å². The highest BCUT2D eigenvalue weighted by Crippen LogP contribution is 2.28. The van der Waals surface area contributed by atoms with E-state index >= 15 is 0 Å². The van der Waals surface area contributed by atoms with Gasteiger partial charge in [0.2, 0.25) is 0 Å². The van der Waals surface area contributed by atoms with Crippen molar-refractivity contribution in [3.63, 3.8) is 0 Å². The molecule has 2 aromatic carbocycles. The Morgan fingerprint density at radius 2 is 1.77 bits per heavy atom. The number of hydrazone groups is 1. The molecule has 0 bridgehead atoms. The molecule has 1 fully saturated rings. The highest BCUT2D eigenvalue weighted by molar-refractivity contribution is 6.30.